The van der Waals surface area contributed by atoms with E-state index in [0.29, 0.717) is 6.54 Å². The molecule has 0 aliphatic rings. The van der Waals surface area contributed by atoms with Gasteiger partial charge in [-0.3, -0.25) is 0 Å². The molecule has 0 aromatic heterocycles. The van der Waals surface area contributed by atoms with Crippen LogP contribution in [0.1, 0.15) is 19.4 Å². The second-order valence-corrected chi connectivity index (χ2v) is 9.21. The Hall–Kier alpha value is -0.390. The molecule has 3 nitrogen and oxygen atoms in total. The van der Waals surface area contributed by atoms with Crippen molar-refractivity contribution < 1.29 is 8.42 Å². The van der Waals surface area contributed by atoms with E-state index in [2.05, 4.69) is 33.0 Å². The molecule has 0 atom stereocenters. The normalized spacial score (nSPS) is 12.9. The molecular weight excluding hydrogens is 326 g/mol. The van der Waals surface area contributed by atoms with Crippen molar-refractivity contribution in [3.05, 3.63) is 34.3 Å². The zero-order valence-electron chi connectivity index (χ0n) is 12.0. The van der Waals surface area contributed by atoms with Gasteiger partial charge in [0.05, 0.1) is 4.75 Å². The molecule has 0 radical (unpaired) electrons. The number of hydrogen-bond donors (Lipinski definition) is 0. The van der Waals surface area contributed by atoms with Crippen molar-refractivity contribution in [2.45, 2.75) is 25.0 Å². The van der Waals surface area contributed by atoms with Gasteiger partial charge in [0.1, 0.15) is 0 Å². The minimum atomic E-state index is -3.04. The van der Waals surface area contributed by atoms with Crippen LogP contribution in [0.3, 0.4) is 0 Å². The standard InChI is InChI=1S/C14H22BrNO2S/c1-14(2,19(4,17)18)11-16(3)9-8-12-6-5-7-13(15)10-12/h5-7,10H,8-9,11H2,1-4H3. The molecule has 0 amide bonds. The van der Waals surface area contributed by atoms with E-state index in [9.17, 15) is 8.42 Å². The predicted molar refractivity (Wildman–Crippen MR) is 84.3 cm³/mol. The third kappa shape index (κ3) is 5.24. The van der Waals surface area contributed by atoms with Gasteiger partial charge in [0.15, 0.2) is 9.84 Å². The van der Waals surface area contributed by atoms with E-state index < -0.39 is 14.6 Å². The van der Waals surface area contributed by atoms with Gasteiger partial charge >= 0.3 is 0 Å². The first-order chi connectivity index (χ1) is 8.62. The van der Waals surface area contributed by atoms with Crippen LogP contribution in [0, 0.1) is 0 Å². The van der Waals surface area contributed by atoms with Gasteiger partial charge in [-0.15, -0.1) is 0 Å². The molecule has 0 bridgehead atoms. The molecule has 1 aromatic rings. The van der Waals surface area contributed by atoms with Gasteiger partial charge in [-0.05, 0) is 45.0 Å². The van der Waals surface area contributed by atoms with Gasteiger partial charge in [0.25, 0.3) is 0 Å². The van der Waals surface area contributed by atoms with E-state index in [0.717, 1.165) is 17.4 Å². The van der Waals surface area contributed by atoms with Crippen LogP contribution in [0.15, 0.2) is 28.7 Å². The lowest BCUT2D eigenvalue weighted by atomic mass is 10.1. The van der Waals surface area contributed by atoms with Crippen LogP contribution in [0.25, 0.3) is 0 Å². The van der Waals surface area contributed by atoms with Crippen LogP contribution in [0.4, 0.5) is 0 Å². The summed E-state index contributed by atoms with van der Waals surface area (Å²) >= 11 is 3.45. The number of hydrogen-bond acceptors (Lipinski definition) is 3. The van der Waals surface area contributed by atoms with Crippen LogP contribution >= 0.6 is 15.9 Å². The number of likely N-dealkylation sites (N-methyl/N-ethyl adjacent to an activating group) is 1. The molecule has 0 unspecified atom stereocenters. The Labute approximate surface area is 125 Å². The summed E-state index contributed by atoms with van der Waals surface area (Å²) in [5, 5.41) is 0. The lowest BCUT2D eigenvalue weighted by molar-refractivity contribution is 0.307. The van der Waals surface area contributed by atoms with Crippen LogP contribution < -0.4 is 0 Å². The SMILES string of the molecule is CN(CCc1cccc(Br)c1)CC(C)(C)S(C)(=O)=O. The van der Waals surface area contributed by atoms with Crippen LogP contribution in [-0.2, 0) is 16.3 Å². The number of halogens is 1. The summed E-state index contributed by atoms with van der Waals surface area (Å²) in [5.74, 6) is 0. The number of rotatable bonds is 6. The van der Waals surface area contributed by atoms with E-state index in [-0.39, 0.29) is 0 Å². The second-order valence-electron chi connectivity index (χ2n) is 5.65. The minimum Gasteiger partial charge on any atom is -0.304 e. The molecule has 0 saturated carbocycles. The molecule has 0 aliphatic heterocycles. The van der Waals surface area contributed by atoms with Crippen molar-refractivity contribution in [3.8, 4) is 0 Å². The van der Waals surface area contributed by atoms with Crippen molar-refractivity contribution >= 4 is 25.8 Å². The highest BCUT2D eigenvalue weighted by Gasteiger charge is 2.31. The number of sulfone groups is 1. The zero-order chi connectivity index (χ0) is 14.7. The summed E-state index contributed by atoms with van der Waals surface area (Å²) < 4.78 is 23.7. The second kappa shape index (κ2) is 6.37. The molecule has 0 aliphatic carbocycles. The van der Waals surface area contributed by atoms with Crippen molar-refractivity contribution in [3.63, 3.8) is 0 Å². The van der Waals surface area contributed by atoms with Crippen molar-refractivity contribution in [1.29, 1.82) is 0 Å². The summed E-state index contributed by atoms with van der Waals surface area (Å²) in [4.78, 5) is 2.07. The number of benzene rings is 1. The van der Waals surface area contributed by atoms with E-state index in [1.807, 2.05) is 19.2 Å². The fourth-order valence-electron chi connectivity index (χ4n) is 1.86. The maximum atomic E-state index is 11.7. The summed E-state index contributed by atoms with van der Waals surface area (Å²) in [5.41, 5.74) is 1.25. The lowest BCUT2D eigenvalue weighted by Crippen LogP contribution is -2.43. The molecule has 0 spiro atoms. The Bertz CT molecular complexity index is 526. The van der Waals surface area contributed by atoms with E-state index in [1.165, 1.54) is 11.8 Å². The average Bonchev–Trinajstić information content (AvgIpc) is 2.24. The van der Waals surface area contributed by atoms with Gasteiger partial charge < -0.3 is 4.90 Å². The Morgan fingerprint density at radius 2 is 1.95 bits per heavy atom. The lowest BCUT2D eigenvalue weighted by Gasteiger charge is -2.28. The molecule has 0 N–H and O–H groups in total. The molecule has 5 heteroatoms. The average molecular weight is 348 g/mol. The highest BCUT2D eigenvalue weighted by atomic mass is 79.9. The molecular formula is C14H22BrNO2S. The molecule has 1 aromatic carbocycles. The Morgan fingerprint density at radius 1 is 1.32 bits per heavy atom. The smallest absolute Gasteiger partial charge is 0.153 e. The first-order valence-electron chi connectivity index (χ1n) is 6.24. The van der Waals surface area contributed by atoms with E-state index in [4.69, 9.17) is 0 Å². The van der Waals surface area contributed by atoms with Crippen LogP contribution in [-0.4, -0.2) is 44.5 Å². The quantitative estimate of drug-likeness (QED) is 0.793. The highest BCUT2D eigenvalue weighted by molar-refractivity contribution is 9.10. The third-order valence-corrected chi connectivity index (χ3v) is 5.96. The Morgan fingerprint density at radius 3 is 2.47 bits per heavy atom. The van der Waals surface area contributed by atoms with Crippen molar-refractivity contribution in [2.75, 3.05) is 26.4 Å². The summed E-state index contributed by atoms with van der Waals surface area (Å²) in [6.07, 6.45) is 2.21. The Kier molecular flexibility index (Phi) is 5.59. The predicted octanol–water partition coefficient (Wildman–Crippen LogP) is 2.75. The third-order valence-electron chi connectivity index (χ3n) is 3.33. The highest BCUT2D eigenvalue weighted by Crippen LogP contribution is 2.17. The molecule has 0 saturated heterocycles. The Balaban J connectivity index is 2.55. The topological polar surface area (TPSA) is 37.4 Å². The summed E-state index contributed by atoms with van der Waals surface area (Å²) in [6, 6.07) is 8.19. The van der Waals surface area contributed by atoms with Gasteiger partial charge in [0.2, 0.25) is 0 Å². The maximum Gasteiger partial charge on any atom is 0.153 e. The maximum absolute atomic E-state index is 11.7. The van der Waals surface area contributed by atoms with Crippen LogP contribution in [0.2, 0.25) is 0 Å². The van der Waals surface area contributed by atoms with Crippen molar-refractivity contribution in [2.24, 2.45) is 0 Å². The minimum absolute atomic E-state index is 0.542. The molecule has 19 heavy (non-hydrogen) atoms. The molecule has 0 fully saturated rings. The largest absolute Gasteiger partial charge is 0.304 e. The van der Waals surface area contributed by atoms with E-state index in [1.54, 1.807) is 13.8 Å². The molecule has 108 valence electrons. The van der Waals surface area contributed by atoms with Crippen molar-refractivity contribution in [1.82, 2.24) is 4.90 Å². The molecule has 0 heterocycles. The van der Waals surface area contributed by atoms with Gasteiger partial charge in [0, 0.05) is 23.8 Å². The van der Waals surface area contributed by atoms with Gasteiger partial charge in [-0.2, -0.15) is 0 Å². The molecule has 1 rings (SSSR count). The first kappa shape index (κ1) is 16.7. The zero-order valence-corrected chi connectivity index (χ0v) is 14.4. The van der Waals surface area contributed by atoms with E-state index >= 15 is 0 Å². The van der Waals surface area contributed by atoms with Gasteiger partial charge in [-0.1, -0.05) is 28.1 Å². The monoisotopic (exact) mass is 347 g/mol. The summed E-state index contributed by atoms with van der Waals surface area (Å²) in [7, 11) is -1.07. The summed E-state index contributed by atoms with van der Waals surface area (Å²) in [6.45, 7) is 4.94. The van der Waals surface area contributed by atoms with Crippen LogP contribution in [0.5, 0.6) is 0 Å². The fraction of sp³-hybridized carbons (Fsp3) is 0.571. The number of nitrogens with zero attached hydrogens (tertiary/aromatic N) is 1. The first-order valence-corrected chi connectivity index (χ1v) is 8.93. The van der Waals surface area contributed by atoms with Gasteiger partial charge in [-0.25, -0.2) is 8.42 Å². The fourth-order valence-corrected chi connectivity index (χ4v) is 2.76.